The predicted octanol–water partition coefficient (Wildman–Crippen LogP) is 3.57. The minimum absolute atomic E-state index is 0.0779. The van der Waals surface area contributed by atoms with Crippen molar-refractivity contribution in [1.82, 2.24) is 9.61 Å². The van der Waals surface area contributed by atoms with Crippen molar-refractivity contribution in [3.05, 3.63) is 24.0 Å². The summed E-state index contributed by atoms with van der Waals surface area (Å²) in [5.74, 6) is 0.768. The summed E-state index contributed by atoms with van der Waals surface area (Å²) in [5.41, 5.74) is 1.78. The van der Waals surface area contributed by atoms with Gasteiger partial charge in [-0.25, -0.2) is 4.52 Å². The monoisotopic (exact) mass is 359 g/mol. The van der Waals surface area contributed by atoms with Crippen LogP contribution in [0.4, 0.5) is 5.69 Å². The Kier molecular flexibility index (Phi) is 5.51. The summed E-state index contributed by atoms with van der Waals surface area (Å²) in [5, 5.41) is 17.5. The number of pyridine rings is 1. The van der Waals surface area contributed by atoms with Crippen molar-refractivity contribution in [2.75, 3.05) is 12.4 Å². The third-order valence-corrected chi connectivity index (χ3v) is 5.06. The summed E-state index contributed by atoms with van der Waals surface area (Å²) >= 11 is 0. The quantitative estimate of drug-likeness (QED) is 0.827. The molecule has 1 amide bonds. The highest BCUT2D eigenvalue weighted by atomic mass is 16.5. The van der Waals surface area contributed by atoms with Crippen LogP contribution in [0, 0.1) is 5.92 Å². The number of ether oxygens (including phenoxy) is 1. The first-order valence-electron chi connectivity index (χ1n) is 9.45. The van der Waals surface area contributed by atoms with Crippen LogP contribution in [0.3, 0.4) is 0 Å². The number of nitrogens with zero attached hydrogens (tertiary/aromatic N) is 2. The first-order valence-corrected chi connectivity index (χ1v) is 9.45. The summed E-state index contributed by atoms with van der Waals surface area (Å²) in [6.45, 7) is 3.59. The number of hydrogen-bond donors (Lipinski definition) is 2. The van der Waals surface area contributed by atoms with Crippen LogP contribution in [0.2, 0.25) is 0 Å². The number of amides is 1. The van der Waals surface area contributed by atoms with Gasteiger partial charge in [-0.1, -0.05) is 19.3 Å². The zero-order valence-electron chi connectivity index (χ0n) is 15.9. The van der Waals surface area contributed by atoms with E-state index in [9.17, 15) is 9.90 Å². The fourth-order valence-corrected chi connectivity index (χ4v) is 3.49. The van der Waals surface area contributed by atoms with Crippen molar-refractivity contribution < 1.29 is 14.6 Å². The van der Waals surface area contributed by atoms with Gasteiger partial charge >= 0.3 is 0 Å². The SMILES string of the molecule is COc1cn2nc(CCC(C)(C)O)cc2cc1NC(=O)C1CCCCC1. The molecule has 0 aliphatic heterocycles. The van der Waals surface area contributed by atoms with E-state index in [4.69, 9.17) is 4.74 Å². The molecule has 142 valence electrons. The van der Waals surface area contributed by atoms with E-state index in [1.54, 1.807) is 31.7 Å². The van der Waals surface area contributed by atoms with Gasteiger partial charge in [0.2, 0.25) is 5.91 Å². The van der Waals surface area contributed by atoms with E-state index in [0.717, 1.165) is 36.9 Å². The van der Waals surface area contributed by atoms with Crippen molar-refractivity contribution in [1.29, 1.82) is 0 Å². The lowest BCUT2D eigenvalue weighted by Gasteiger charge is -2.21. The van der Waals surface area contributed by atoms with Crippen LogP contribution >= 0.6 is 0 Å². The molecule has 2 aromatic rings. The van der Waals surface area contributed by atoms with E-state index < -0.39 is 5.60 Å². The highest BCUT2D eigenvalue weighted by Gasteiger charge is 2.22. The average Bonchev–Trinajstić information content (AvgIpc) is 3.01. The van der Waals surface area contributed by atoms with E-state index in [2.05, 4.69) is 10.4 Å². The Morgan fingerprint density at radius 1 is 1.35 bits per heavy atom. The molecule has 0 bridgehead atoms. The second-order valence-electron chi connectivity index (χ2n) is 7.90. The number of fused-ring (bicyclic) bond motifs is 1. The van der Waals surface area contributed by atoms with Crippen LogP contribution in [0.5, 0.6) is 5.75 Å². The molecule has 2 aromatic heterocycles. The highest BCUT2D eigenvalue weighted by molar-refractivity contribution is 5.94. The van der Waals surface area contributed by atoms with Crippen LogP contribution in [-0.4, -0.2) is 33.3 Å². The fourth-order valence-electron chi connectivity index (χ4n) is 3.49. The van der Waals surface area contributed by atoms with E-state index in [1.807, 2.05) is 12.1 Å². The molecule has 0 atom stereocenters. The Morgan fingerprint density at radius 3 is 2.73 bits per heavy atom. The largest absolute Gasteiger partial charge is 0.493 e. The number of aromatic nitrogens is 2. The number of nitrogens with one attached hydrogen (secondary N) is 1. The van der Waals surface area contributed by atoms with Crippen molar-refractivity contribution in [3.63, 3.8) is 0 Å². The molecule has 2 heterocycles. The number of carbonyl (C=O) groups is 1. The van der Waals surface area contributed by atoms with Gasteiger partial charge in [0.15, 0.2) is 5.75 Å². The van der Waals surface area contributed by atoms with Crippen LogP contribution < -0.4 is 10.1 Å². The first-order chi connectivity index (χ1) is 12.4. The van der Waals surface area contributed by atoms with Gasteiger partial charge in [0.05, 0.1) is 35.8 Å². The highest BCUT2D eigenvalue weighted by Crippen LogP contribution is 2.30. The van der Waals surface area contributed by atoms with Gasteiger partial charge in [-0.2, -0.15) is 5.10 Å². The molecule has 2 N–H and O–H groups in total. The molecule has 0 spiro atoms. The van der Waals surface area contributed by atoms with Gasteiger partial charge in [0.25, 0.3) is 0 Å². The van der Waals surface area contributed by atoms with Crippen LogP contribution in [-0.2, 0) is 11.2 Å². The van der Waals surface area contributed by atoms with Crippen molar-refractivity contribution in [2.24, 2.45) is 5.92 Å². The molecule has 26 heavy (non-hydrogen) atoms. The third-order valence-electron chi connectivity index (χ3n) is 5.06. The maximum atomic E-state index is 12.6. The Hall–Kier alpha value is -2.08. The molecular formula is C20H29N3O3. The summed E-state index contributed by atoms with van der Waals surface area (Å²) < 4.78 is 7.21. The number of hydrogen-bond acceptors (Lipinski definition) is 4. The smallest absolute Gasteiger partial charge is 0.227 e. The molecule has 0 radical (unpaired) electrons. The van der Waals surface area contributed by atoms with Crippen LogP contribution in [0.15, 0.2) is 18.3 Å². The zero-order chi connectivity index (χ0) is 18.7. The summed E-state index contributed by atoms with van der Waals surface area (Å²) in [7, 11) is 1.59. The average molecular weight is 359 g/mol. The van der Waals surface area contributed by atoms with Crippen molar-refractivity contribution >= 4 is 17.1 Å². The van der Waals surface area contributed by atoms with Gasteiger partial charge in [-0.3, -0.25) is 4.79 Å². The molecule has 3 rings (SSSR count). The molecule has 6 nitrogen and oxygen atoms in total. The lowest BCUT2D eigenvalue weighted by molar-refractivity contribution is -0.120. The van der Waals surface area contributed by atoms with E-state index >= 15 is 0 Å². The molecule has 1 saturated carbocycles. The second kappa shape index (κ2) is 7.66. The molecule has 0 aromatic carbocycles. The zero-order valence-corrected chi connectivity index (χ0v) is 15.9. The Bertz CT molecular complexity index is 770. The standard InChI is InChI=1S/C20H29N3O3/c1-20(2,25)10-9-15-11-16-12-17(18(26-3)13-23(16)22-15)21-19(24)14-7-5-4-6-8-14/h11-14,25H,4-10H2,1-3H3,(H,21,24). The van der Waals surface area contributed by atoms with E-state index in [0.29, 0.717) is 24.3 Å². The minimum atomic E-state index is -0.716. The Balaban J connectivity index is 1.79. The van der Waals surface area contributed by atoms with E-state index in [-0.39, 0.29) is 11.8 Å². The molecule has 1 aliphatic rings. The van der Waals surface area contributed by atoms with E-state index in [1.165, 1.54) is 6.42 Å². The normalized spacial score (nSPS) is 16.0. The lowest BCUT2D eigenvalue weighted by atomic mass is 9.88. The number of carbonyl (C=O) groups excluding carboxylic acids is 1. The van der Waals surface area contributed by atoms with Gasteiger partial charge in [0, 0.05) is 5.92 Å². The number of aryl methyl sites for hydroxylation is 1. The summed E-state index contributed by atoms with van der Waals surface area (Å²) in [6.07, 6.45) is 8.52. The summed E-state index contributed by atoms with van der Waals surface area (Å²) in [6, 6.07) is 3.89. The van der Waals surface area contributed by atoms with Gasteiger partial charge in [-0.15, -0.1) is 0 Å². The number of anilines is 1. The molecule has 1 fully saturated rings. The fraction of sp³-hybridized carbons (Fsp3) is 0.600. The van der Waals surface area contributed by atoms with Gasteiger partial charge < -0.3 is 15.2 Å². The predicted molar refractivity (Wildman–Crippen MR) is 102 cm³/mol. The van der Waals surface area contributed by atoms with Gasteiger partial charge in [0.1, 0.15) is 0 Å². The van der Waals surface area contributed by atoms with Crippen molar-refractivity contribution in [3.8, 4) is 5.75 Å². The Morgan fingerprint density at radius 2 is 2.08 bits per heavy atom. The van der Waals surface area contributed by atoms with Gasteiger partial charge in [-0.05, 0) is 51.7 Å². The number of rotatable bonds is 6. The lowest BCUT2D eigenvalue weighted by Crippen LogP contribution is -2.25. The molecule has 0 saturated heterocycles. The Labute approximate surface area is 154 Å². The van der Waals surface area contributed by atoms with Crippen LogP contribution in [0.25, 0.3) is 5.52 Å². The maximum absolute atomic E-state index is 12.6. The topological polar surface area (TPSA) is 75.9 Å². The molecule has 0 unspecified atom stereocenters. The number of methoxy groups -OCH3 is 1. The third kappa shape index (κ3) is 4.55. The molecule has 1 aliphatic carbocycles. The minimum Gasteiger partial charge on any atom is -0.493 e. The van der Waals surface area contributed by atoms with Crippen LogP contribution in [0.1, 0.15) is 58.1 Å². The number of aliphatic hydroxyl groups is 1. The van der Waals surface area contributed by atoms with Crippen molar-refractivity contribution in [2.45, 2.75) is 64.4 Å². The maximum Gasteiger partial charge on any atom is 0.227 e. The summed E-state index contributed by atoms with van der Waals surface area (Å²) in [4.78, 5) is 12.6. The second-order valence-corrected chi connectivity index (χ2v) is 7.90. The molecular weight excluding hydrogens is 330 g/mol. The molecule has 6 heteroatoms. The first kappa shape index (κ1) is 18.7.